The molecular formula is C31H21Cl2N3O3. The van der Waals surface area contributed by atoms with Crippen LogP contribution in [0.2, 0.25) is 10.0 Å². The van der Waals surface area contributed by atoms with Crippen LogP contribution >= 0.6 is 23.2 Å². The van der Waals surface area contributed by atoms with Crippen LogP contribution in [0.15, 0.2) is 105 Å². The molecule has 0 N–H and O–H groups in total. The number of benzene rings is 4. The molecule has 0 aliphatic heterocycles. The number of hydrogen-bond donors (Lipinski definition) is 0. The van der Waals surface area contributed by atoms with Gasteiger partial charge in [0.15, 0.2) is 5.76 Å². The van der Waals surface area contributed by atoms with E-state index in [-0.39, 0.29) is 11.4 Å². The van der Waals surface area contributed by atoms with Gasteiger partial charge in [-0.15, -0.1) is 0 Å². The van der Waals surface area contributed by atoms with Gasteiger partial charge in [-0.1, -0.05) is 65.2 Å². The lowest BCUT2D eigenvalue weighted by Crippen LogP contribution is -2.20. The summed E-state index contributed by atoms with van der Waals surface area (Å²) in [6, 6.07) is 27.7. The van der Waals surface area contributed by atoms with Crippen molar-refractivity contribution in [2.75, 3.05) is 0 Å². The Hall–Kier alpha value is -4.39. The van der Waals surface area contributed by atoms with Crippen molar-refractivity contribution in [2.45, 2.75) is 13.5 Å². The van der Waals surface area contributed by atoms with Crippen molar-refractivity contribution in [2.24, 2.45) is 5.10 Å². The molecule has 39 heavy (non-hydrogen) atoms. The first-order valence-corrected chi connectivity index (χ1v) is 12.9. The van der Waals surface area contributed by atoms with E-state index in [1.54, 1.807) is 60.8 Å². The molecule has 0 unspecified atom stereocenters. The van der Waals surface area contributed by atoms with Crippen molar-refractivity contribution >= 4 is 51.3 Å². The molecule has 6 nitrogen and oxygen atoms in total. The minimum atomic E-state index is -0.324. The molecule has 0 spiro atoms. The van der Waals surface area contributed by atoms with Gasteiger partial charge in [0.05, 0.1) is 22.1 Å². The summed E-state index contributed by atoms with van der Waals surface area (Å²) in [5.41, 5.74) is 3.75. The molecule has 0 saturated carbocycles. The smallest absolute Gasteiger partial charge is 0.282 e. The molecule has 0 aliphatic rings. The molecular weight excluding hydrogens is 533 g/mol. The van der Waals surface area contributed by atoms with E-state index < -0.39 is 0 Å². The zero-order valence-corrected chi connectivity index (χ0v) is 22.3. The molecule has 8 heteroatoms. The van der Waals surface area contributed by atoms with Crippen LogP contribution in [-0.4, -0.2) is 15.9 Å². The van der Waals surface area contributed by atoms with Crippen LogP contribution in [-0.2, 0) is 6.61 Å². The third-order valence-electron chi connectivity index (χ3n) is 6.21. The molecule has 192 valence electrons. The van der Waals surface area contributed by atoms with Gasteiger partial charge in [0, 0.05) is 10.4 Å². The third kappa shape index (κ3) is 5.17. The van der Waals surface area contributed by atoms with Gasteiger partial charge in [-0.3, -0.25) is 4.79 Å². The van der Waals surface area contributed by atoms with Crippen LogP contribution in [0.3, 0.4) is 0 Å². The molecule has 0 radical (unpaired) electrons. The fourth-order valence-electron chi connectivity index (χ4n) is 4.32. The van der Waals surface area contributed by atoms with Gasteiger partial charge in [-0.05, 0) is 72.6 Å². The van der Waals surface area contributed by atoms with Crippen molar-refractivity contribution in [3.63, 3.8) is 0 Å². The maximum absolute atomic E-state index is 13.5. The monoisotopic (exact) mass is 553 g/mol. The number of para-hydroxylation sites is 1. The molecule has 0 bridgehead atoms. The number of furan rings is 1. The molecule has 2 aromatic heterocycles. The number of fused-ring (bicyclic) bond motifs is 2. The number of aryl methyl sites for hydroxylation is 1. The first kappa shape index (κ1) is 24.9. The Labute approximate surface area is 233 Å². The highest BCUT2D eigenvalue weighted by molar-refractivity contribution is 6.32. The highest BCUT2D eigenvalue weighted by Gasteiger charge is 2.16. The maximum Gasteiger partial charge on any atom is 0.282 e. The first-order chi connectivity index (χ1) is 18.9. The van der Waals surface area contributed by atoms with E-state index in [2.05, 4.69) is 11.2 Å². The highest BCUT2D eigenvalue weighted by Crippen LogP contribution is 2.29. The average molecular weight is 554 g/mol. The van der Waals surface area contributed by atoms with Crippen LogP contribution in [0.25, 0.3) is 33.5 Å². The summed E-state index contributed by atoms with van der Waals surface area (Å²) in [6.07, 6.45) is 1.55. The van der Waals surface area contributed by atoms with Gasteiger partial charge in [-0.25, -0.2) is 4.98 Å². The van der Waals surface area contributed by atoms with Gasteiger partial charge < -0.3 is 9.15 Å². The van der Waals surface area contributed by atoms with Gasteiger partial charge in [-0.2, -0.15) is 9.78 Å². The zero-order chi connectivity index (χ0) is 26.9. The Morgan fingerprint density at radius 3 is 2.69 bits per heavy atom. The van der Waals surface area contributed by atoms with Crippen molar-refractivity contribution in [1.29, 1.82) is 0 Å². The standard InChI is InChI=1S/C31H21Cl2N3O3/c1-19-5-4-6-21(13-19)18-38-28-11-9-20(14-25(28)33)17-34-36-30(35-26-8-3-2-7-24(26)31(36)37)29-16-22-15-23(32)10-12-27(22)39-29/h2-17H,18H2,1H3. The Morgan fingerprint density at radius 1 is 0.974 bits per heavy atom. The number of aromatic nitrogens is 2. The van der Waals surface area contributed by atoms with Crippen molar-refractivity contribution < 1.29 is 9.15 Å². The molecule has 0 atom stereocenters. The lowest BCUT2D eigenvalue weighted by molar-refractivity contribution is 0.306. The van der Waals surface area contributed by atoms with Crippen LogP contribution in [0.1, 0.15) is 16.7 Å². The van der Waals surface area contributed by atoms with E-state index in [4.69, 9.17) is 37.3 Å². The third-order valence-corrected chi connectivity index (χ3v) is 6.74. The molecule has 6 aromatic rings. The van der Waals surface area contributed by atoms with E-state index in [0.717, 1.165) is 16.5 Å². The molecule has 0 amide bonds. The number of halogens is 2. The SMILES string of the molecule is Cc1cccc(COc2ccc(C=Nn3c(-c4cc5cc(Cl)ccc5o4)nc4ccccc4c3=O)cc2Cl)c1. The average Bonchev–Trinajstić information content (AvgIpc) is 3.35. The van der Waals surface area contributed by atoms with Crippen molar-refractivity contribution in [1.82, 2.24) is 9.66 Å². The second kappa shape index (κ2) is 10.4. The minimum absolute atomic E-state index is 0.270. The summed E-state index contributed by atoms with van der Waals surface area (Å²) in [4.78, 5) is 18.2. The van der Waals surface area contributed by atoms with Crippen LogP contribution in [0, 0.1) is 6.92 Å². The summed E-state index contributed by atoms with van der Waals surface area (Å²) >= 11 is 12.7. The number of nitrogens with zero attached hydrogens (tertiary/aromatic N) is 3. The Bertz CT molecular complexity index is 1940. The minimum Gasteiger partial charge on any atom is -0.487 e. The van der Waals surface area contributed by atoms with Crippen molar-refractivity contribution in [3.8, 4) is 17.3 Å². The fourth-order valence-corrected chi connectivity index (χ4v) is 4.74. The largest absolute Gasteiger partial charge is 0.487 e. The van der Waals surface area contributed by atoms with Crippen LogP contribution in [0.4, 0.5) is 0 Å². The predicted octanol–water partition coefficient (Wildman–Crippen LogP) is 7.89. The second-order valence-electron chi connectivity index (χ2n) is 9.07. The Kier molecular flexibility index (Phi) is 6.65. The quantitative estimate of drug-likeness (QED) is 0.196. The van der Waals surface area contributed by atoms with Gasteiger partial charge in [0.1, 0.15) is 17.9 Å². The fraction of sp³-hybridized carbons (Fsp3) is 0.0645. The van der Waals surface area contributed by atoms with E-state index in [0.29, 0.717) is 50.2 Å². The van der Waals surface area contributed by atoms with Crippen LogP contribution < -0.4 is 10.3 Å². The summed E-state index contributed by atoms with van der Waals surface area (Å²) in [7, 11) is 0. The summed E-state index contributed by atoms with van der Waals surface area (Å²) in [6.45, 7) is 2.44. The van der Waals surface area contributed by atoms with E-state index in [1.165, 1.54) is 4.68 Å². The molecule has 0 aliphatic carbocycles. The maximum atomic E-state index is 13.5. The Morgan fingerprint density at radius 2 is 1.85 bits per heavy atom. The first-order valence-electron chi connectivity index (χ1n) is 12.2. The summed E-state index contributed by atoms with van der Waals surface area (Å²) in [5, 5.41) is 6.75. The number of ether oxygens (including phenoxy) is 1. The lowest BCUT2D eigenvalue weighted by atomic mass is 10.1. The van der Waals surface area contributed by atoms with Crippen LogP contribution in [0.5, 0.6) is 5.75 Å². The van der Waals surface area contributed by atoms with E-state index >= 15 is 0 Å². The lowest BCUT2D eigenvalue weighted by Gasteiger charge is -2.09. The highest BCUT2D eigenvalue weighted by atomic mass is 35.5. The molecule has 0 saturated heterocycles. The van der Waals surface area contributed by atoms with E-state index in [9.17, 15) is 4.79 Å². The summed E-state index contributed by atoms with van der Waals surface area (Å²) < 4.78 is 13.2. The second-order valence-corrected chi connectivity index (χ2v) is 9.92. The topological polar surface area (TPSA) is 69.6 Å². The molecule has 0 fully saturated rings. The molecule has 6 rings (SSSR count). The Balaban J connectivity index is 1.35. The van der Waals surface area contributed by atoms with Crippen molar-refractivity contribution in [3.05, 3.63) is 128 Å². The predicted molar refractivity (Wildman–Crippen MR) is 156 cm³/mol. The zero-order valence-electron chi connectivity index (χ0n) is 20.8. The van der Waals surface area contributed by atoms with E-state index in [1.807, 2.05) is 37.3 Å². The number of hydrogen-bond acceptors (Lipinski definition) is 5. The van der Waals surface area contributed by atoms with Gasteiger partial charge >= 0.3 is 0 Å². The molecule has 2 heterocycles. The van der Waals surface area contributed by atoms with Gasteiger partial charge in [0.2, 0.25) is 5.82 Å². The molecule has 4 aromatic carbocycles. The normalized spacial score (nSPS) is 11.6. The summed E-state index contributed by atoms with van der Waals surface area (Å²) in [5.74, 6) is 1.22. The number of rotatable bonds is 6. The van der Waals surface area contributed by atoms with Gasteiger partial charge in [0.25, 0.3) is 5.56 Å².